The molecular weight excluding hydrogens is 270 g/mol. The average molecular weight is 289 g/mol. The highest BCUT2D eigenvalue weighted by molar-refractivity contribution is 5.91. The van der Waals surface area contributed by atoms with Crippen LogP contribution in [-0.2, 0) is 4.74 Å². The van der Waals surface area contributed by atoms with Crippen molar-refractivity contribution in [3.63, 3.8) is 0 Å². The molecule has 3 heterocycles. The van der Waals surface area contributed by atoms with Crippen LogP contribution in [0.2, 0.25) is 0 Å². The standard InChI is InChI=1S/C14H19N5O2/c1-8-7-9(2)19-14(15-8)17-12(18-19)13(20)16-10(3)11-5-4-6-21-11/h7,10-11H,4-6H2,1-3H3,(H,16,20)/t10-,11-/m1/s1. The molecule has 0 saturated carbocycles. The van der Waals surface area contributed by atoms with E-state index in [9.17, 15) is 4.79 Å². The van der Waals surface area contributed by atoms with Gasteiger partial charge in [-0.2, -0.15) is 4.98 Å². The van der Waals surface area contributed by atoms with Crippen molar-refractivity contribution in [3.8, 4) is 0 Å². The maximum atomic E-state index is 12.2. The minimum Gasteiger partial charge on any atom is -0.376 e. The van der Waals surface area contributed by atoms with E-state index in [-0.39, 0.29) is 23.9 Å². The van der Waals surface area contributed by atoms with Crippen molar-refractivity contribution < 1.29 is 9.53 Å². The van der Waals surface area contributed by atoms with E-state index in [1.54, 1.807) is 4.52 Å². The van der Waals surface area contributed by atoms with Gasteiger partial charge in [0, 0.05) is 18.0 Å². The van der Waals surface area contributed by atoms with E-state index < -0.39 is 0 Å². The molecule has 1 N–H and O–H groups in total. The number of nitrogens with one attached hydrogen (secondary N) is 1. The molecule has 1 aliphatic heterocycles. The summed E-state index contributed by atoms with van der Waals surface area (Å²) in [5.41, 5.74) is 1.75. The second kappa shape index (κ2) is 5.40. The minimum atomic E-state index is -0.291. The van der Waals surface area contributed by atoms with E-state index in [0.717, 1.165) is 30.8 Å². The Kier molecular flexibility index (Phi) is 3.59. The second-order valence-electron chi connectivity index (χ2n) is 5.50. The molecule has 1 aliphatic rings. The van der Waals surface area contributed by atoms with Crippen molar-refractivity contribution >= 4 is 11.7 Å². The number of hydrogen-bond acceptors (Lipinski definition) is 5. The molecule has 1 amide bonds. The summed E-state index contributed by atoms with van der Waals surface area (Å²) in [6.07, 6.45) is 2.09. The van der Waals surface area contributed by atoms with Gasteiger partial charge in [-0.15, -0.1) is 5.10 Å². The SMILES string of the molecule is Cc1cc(C)n2nc(C(=O)N[C@H](C)[C@H]3CCCO3)nc2n1. The molecule has 0 bridgehead atoms. The predicted octanol–water partition coefficient (Wildman–Crippen LogP) is 1.04. The van der Waals surface area contributed by atoms with Gasteiger partial charge < -0.3 is 10.1 Å². The largest absolute Gasteiger partial charge is 0.376 e. The Balaban J connectivity index is 1.79. The number of aryl methyl sites for hydroxylation is 2. The number of aromatic nitrogens is 4. The van der Waals surface area contributed by atoms with Gasteiger partial charge in [0.05, 0.1) is 12.1 Å². The van der Waals surface area contributed by atoms with E-state index in [2.05, 4.69) is 20.4 Å². The van der Waals surface area contributed by atoms with Crippen LogP contribution in [-0.4, -0.2) is 44.2 Å². The number of nitrogens with zero attached hydrogens (tertiary/aromatic N) is 4. The summed E-state index contributed by atoms with van der Waals surface area (Å²) in [4.78, 5) is 20.7. The first kappa shape index (κ1) is 13.9. The molecule has 3 rings (SSSR count). The Labute approximate surface area is 122 Å². The van der Waals surface area contributed by atoms with Crippen molar-refractivity contribution in [2.75, 3.05) is 6.61 Å². The second-order valence-corrected chi connectivity index (χ2v) is 5.50. The molecule has 1 saturated heterocycles. The van der Waals surface area contributed by atoms with Gasteiger partial charge in [-0.25, -0.2) is 9.50 Å². The summed E-state index contributed by atoms with van der Waals surface area (Å²) in [7, 11) is 0. The topological polar surface area (TPSA) is 81.4 Å². The fourth-order valence-electron chi connectivity index (χ4n) is 2.62. The van der Waals surface area contributed by atoms with Gasteiger partial charge in [-0.1, -0.05) is 0 Å². The van der Waals surface area contributed by atoms with Crippen LogP contribution < -0.4 is 5.32 Å². The summed E-state index contributed by atoms with van der Waals surface area (Å²) < 4.78 is 7.15. The summed E-state index contributed by atoms with van der Waals surface area (Å²) in [6, 6.07) is 1.85. The molecule has 2 atom stereocenters. The molecule has 0 aromatic carbocycles. The maximum Gasteiger partial charge on any atom is 0.291 e. The first-order chi connectivity index (χ1) is 10.0. The maximum absolute atomic E-state index is 12.2. The van der Waals surface area contributed by atoms with Crippen molar-refractivity contribution in [1.29, 1.82) is 0 Å². The number of ether oxygens (including phenoxy) is 1. The van der Waals surface area contributed by atoms with Gasteiger partial charge in [0.25, 0.3) is 11.7 Å². The van der Waals surface area contributed by atoms with Crippen molar-refractivity contribution in [2.24, 2.45) is 0 Å². The molecule has 21 heavy (non-hydrogen) atoms. The van der Waals surface area contributed by atoms with Gasteiger partial charge in [0.2, 0.25) is 5.82 Å². The van der Waals surface area contributed by atoms with Crippen LogP contribution in [0.5, 0.6) is 0 Å². The third-order valence-corrected chi connectivity index (χ3v) is 3.70. The zero-order valence-corrected chi connectivity index (χ0v) is 12.5. The number of carbonyl (C=O) groups is 1. The summed E-state index contributed by atoms with van der Waals surface area (Å²) in [5.74, 6) is 0.295. The fraction of sp³-hybridized carbons (Fsp3) is 0.571. The Hall–Kier alpha value is -2.02. The van der Waals surface area contributed by atoms with Crippen LogP contribution >= 0.6 is 0 Å². The van der Waals surface area contributed by atoms with Crippen LogP contribution in [0, 0.1) is 13.8 Å². The molecule has 2 aromatic rings. The third kappa shape index (κ3) is 2.73. The summed E-state index contributed by atoms with van der Waals surface area (Å²) in [5, 5.41) is 7.13. The lowest BCUT2D eigenvalue weighted by atomic mass is 10.1. The molecule has 0 aliphatic carbocycles. The normalized spacial score (nSPS) is 19.9. The van der Waals surface area contributed by atoms with Crippen LogP contribution in [0.25, 0.3) is 5.78 Å². The molecule has 1 fully saturated rings. The Bertz CT molecular complexity index is 675. The smallest absolute Gasteiger partial charge is 0.291 e. The molecule has 112 valence electrons. The molecular formula is C14H19N5O2. The van der Waals surface area contributed by atoms with Crippen LogP contribution in [0.4, 0.5) is 0 Å². The molecule has 7 nitrogen and oxygen atoms in total. The summed E-state index contributed by atoms with van der Waals surface area (Å²) in [6.45, 7) is 6.51. The quantitative estimate of drug-likeness (QED) is 0.913. The van der Waals surface area contributed by atoms with Gasteiger partial charge in [-0.05, 0) is 39.7 Å². The molecule has 2 aromatic heterocycles. The van der Waals surface area contributed by atoms with Crippen LogP contribution in [0.15, 0.2) is 6.07 Å². The lowest BCUT2D eigenvalue weighted by Gasteiger charge is -2.18. The number of carbonyl (C=O) groups excluding carboxylic acids is 1. The average Bonchev–Trinajstić information content (AvgIpc) is 3.07. The van der Waals surface area contributed by atoms with Gasteiger partial charge in [0.1, 0.15) is 0 Å². The monoisotopic (exact) mass is 289 g/mol. The van der Waals surface area contributed by atoms with Crippen LogP contribution in [0.3, 0.4) is 0 Å². The highest BCUT2D eigenvalue weighted by Gasteiger charge is 2.25. The molecule has 0 spiro atoms. The summed E-state index contributed by atoms with van der Waals surface area (Å²) >= 11 is 0. The Morgan fingerprint density at radius 2 is 2.29 bits per heavy atom. The van der Waals surface area contributed by atoms with E-state index in [0.29, 0.717) is 5.78 Å². The lowest BCUT2D eigenvalue weighted by molar-refractivity contribution is 0.0706. The number of hydrogen-bond donors (Lipinski definition) is 1. The number of amides is 1. The first-order valence-electron chi connectivity index (χ1n) is 7.18. The fourth-order valence-corrected chi connectivity index (χ4v) is 2.62. The Morgan fingerprint density at radius 3 is 3.00 bits per heavy atom. The predicted molar refractivity (Wildman–Crippen MR) is 76.2 cm³/mol. The zero-order chi connectivity index (χ0) is 15.0. The number of fused-ring (bicyclic) bond motifs is 1. The highest BCUT2D eigenvalue weighted by Crippen LogP contribution is 2.15. The molecule has 0 unspecified atom stereocenters. The number of rotatable bonds is 3. The minimum absolute atomic E-state index is 0.0533. The van der Waals surface area contributed by atoms with E-state index in [4.69, 9.17) is 4.74 Å². The highest BCUT2D eigenvalue weighted by atomic mass is 16.5. The Morgan fingerprint density at radius 1 is 1.48 bits per heavy atom. The third-order valence-electron chi connectivity index (χ3n) is 3.70. The van der Waals surface area contributed by atoms with E-state index in [1.165, 1.54) is 0 Å². The van der Waals surface area contributed by atoms with E-state index in [1.807, 2.05) is 26.8 Å². The van der Waals surface area contributed by atoms with Gasteiger partial charge >= 0.3 is 0 Å². The zero-order valence-electron chi connectivity index (χ0n) is 12.5. The van der Waals surface area contributed by atoms with Gasteiger partial charge in [0.15, 0.2) is 0 Å². The molecule has 0 radical (unpaired) electrons. The van der Waals surface area contributed by atoms with Crippen LogP contribution in [0.1, 0.15) is 41.8 Å². The van der Waals surface area contributed by atoms with Crippen molar-refractivity contribution in [3.05, 3.63) is 23.3 Å². The van der Waals surface area contributed by atoms with Crippen molar-refractivity contribution in [1.82, 2.24) is 24.9 Å². The van der Waals surface area contributed by atoms with Gasteiger partial charge in [-0.3, -0.25) is 4.79 Å². The lowest BCUT2D eigenvalue weighted by Crippen LogP contribution is -2.41. The van der Waals surface area contributed by atoms with E-state index >= 15 is 0 Å². The van der Waals surface area contributed by atoms with Crippen molar-refractivity contribution in [2.45, 2.75) is 45.8 Å². The first-order valence-corrected chi connectivity index (χ1v) is 7.18. The molecule has 7 heteroatoms.